The summed E-state index contributed by atoms with van der Waals surface area (Å²) in [4.78, 5) is 12.8. The lowest BCUT2D eigenvalue weighted by molar-refractivity contribution is 0.163. The number of carbonyl (C=O) groups excluding carboxylic acids is 1. The molecule has 0 N–H and O–H groups in total. The van der Waals surface area contributed by atoms with Gasteiger partial charge in [-0.3, -0.25) is 0 Å². The summed E-state index contributed by atoms with van der Waals surface area (Å²) in [5.41, 5.74) is 0. The highest BCUT2D eigenvalue weighted by molar-refractivity contribution is 7.68. The second-order valence-corrected chi connectivity index (χ2v) is 2.68. The van der Waals surface area contributed by atoms with Crippen molar-refractivity contribution in [2.45, 2.75) is 6.92 Å². The van der Waals surface area contributed by atoms with E-state index in [4.69, 9.17) is 0 Å². The van der Waals surface area contributed by atoms with Gasteiger partial charge >= 0.3 is 13.9 Å². The third-order valence-electron chi connectivity index (χ3n) is 0.565. The van der Waals surface area contributed by atoms with Crippen LogP contribution < -0.4 is 0 Å². The maximum absolute atomic E-state index is 11.5. The molecular weight excluding hydrogens is 179 g/mol. The number of hydrogen-bond acceptors (Lipinski definition) is 3. The molecule has 0 unspecified atom stereocenters. The van der Waals surface area contributed by atoms with Crippen LogP contribution in [0.2, 0.25) is 0 Å². The van der Waals surface area contributed by atoms with Crippen molar-refractivity contribution >= 4 is 19.8 Å². The summed E-state index contributed by atoms with van der Waals surface area (Å²) in [6, 6.07) is 0. The topological polar surface area (TPSA) is 55.7 Å². The van der Waals surface area contributed by atoms with Crippen LogP contribution in [0.5, 0.6) is 0 Å². The lowest BCUT2D eigenvalue weighted by Gasteiger charge is -1.92. The maximum Gasteiger partial charge on any atom is 0.444 e. The molecule has 0 bridgehead atoms. The molecule has 0 radical (unpaired) electrons. The van der Waals surface area contributed by atoms with Gasteiger partial charge in [-0.25, -0.2) is 9.36 Å². The molecule has 64 valence electrons. The van der Waals surface area contributed by atoms with E-state index in [2.05, 4.69) is 9.73 Å². The quantitative estimate of drug-likeness (QED) is 0.489. The molecule has 0 aromatic rings. The van der Waals surface area contributed by atoms with Crippen molar-refractivity contribution in [3.8, 4) is 0 Å². The van der Waals surface area contributed by atoms with Gasteiger partial charge in [0.05, 0.1) is 6.61 Å². The molecule has 0 aromatic heterocycles. The van der Waals surface area contributed by atoms with Gasteiger partial charge in [0.15, 0.2) is 0 Å². The van der Waals surface area contributed by atoms with E-state index in [0.29, 0.717) is 0 Å². The Morgan fingerprint density at radius 1 is 1.73 bits per heavy atom. The maximum atomic E-state index is 11.5. The molecule has 0 saturated carbocycles. The van der Waals surface area contributed by atoms with Crippen molar-refractivity contribution in [2.75, 3.05) is 6.61 Å². The highest BCUT2D eigenvalue weighted by Crippen LogP contribution is 2.45. The molecule has 0 fully saturated rings. The summed E-state index contributed by atoms with van der Waals surface area (Å²) in [6.07, 6.45) is -1.16. The summed E-state index contributed by atoms with van der Waals surface area (Å²) < 4.78 is 36.8. The van der Waals surface area contributed by atoms with Crippen molar-refractivity contribution in [2.24, 2.45) is 4.99 Å². The van der Waals surface area contributed by atoms with E-state index >= 15 is 0 Å². The van der Waals surface area contributed by atoms with Gasteiger partial charge in [0.2, 0.25) is 0 Å². The Morgan fingerprint density at radius 2 is 2.27 bits per heavy atom. The van der Waals surface area contributed by atoms with Crippen molar-refractivity contribution in [3.05, 3.63) is 0 Å². The van der Waals surface area contributed by atoms with Crippen molar-refractivity contribution in [1.82, 2.24) is 0 Å². The summed E-state index contributed by atoms with van der Waals surface area (Å²) in [6.45, 7) is 1.54. The summed E-state index contributed by atoms with van der Waals surface area (Å²) in [7, 11) is -5.34. The van der Waals surface area contributed by atoms with Crippen LogP contribution in [-0.4, -0.2) is 18.7 Å². The average Bonchev–Trinajstić information content (AvgIpc) is 1.83. The number of nitrogens with zero attached hydrogens (tertiary/aromatic N) is 1. The summed E-state index contributed by atoms with van der Waals surface area (Å²) in [5, 5.41) is 0. The largest absolute Gasteiger partial charge is 0.448 e. The van der Waals surface area contributed by atoms with E-state index in [1.165, 1.54) is 6.92 Å². The first-order chi connectivity index (χ1) is 4.95. The van der Waals surface area contributed by atoms with Crippen LogP contribution in [0.4, 0.5) is 13.2 Å². The first kappa shape index (κ1) is 10.2. The summed E-state index contributed by atoms with van der Waals surface area (Å²) >= 11 is 0. The fraction of sp³-hybridized carbons (Fsp3) is 0.500. The van der Waals surface area contributed by atoms with E-state index in [-0.39, 0.29) is 12.6 Å². The minimum atomic E-state index is -5.34. The zero-order valence-electron chi connectivity index (χ0n) is 5.66. The minimum Gasteiger partial charge on any atom is -0.448 e. The summed E-state index contributed by atoms with van der Waals surface area (Å²) in [5.74, 6) is -0.189. The predicted molar refractivity (Wildman–Crippen MR) is 35.3 cm³/mol. The second kappa shape index (κ2) is 4.18. The molecule has 0 aromatic carbocycles. The zero-order valence-corrected chi connectivity index (χ0v) is 6.55. The van der Waals surface area contributed by atoms with Crippen LogP contribution in [0.15, 0.2) is 4.99 Å². The minimum absolute atomic E-state index is 0.0407. The molecular formula is C4H6F2NO3P. The molecule has 1 amide bonds. The molecule has 0 heterocycles. The first-order valence-corrected chi connectivity index (χ1v) is 4.22. The van der Waals surface area contributed by atoms with Crippen molar-refractivity contribution in [3.63, 3.8) is 0 Å². The van der Waals surface area contributed by atoms with Crippen molar-refractivity contribution in [1.29, 1.82) is 0 Å². The molecule has 0 aliphatic rings. The highest BCUT2D eigenvalue weighted by Gasteiger charge is 2.15. The third kappa shape index (κ3) is 7.12. The number of ether oxygens (including phenoxy) is 1. The van der Waals surface area contributed by atoms with Crippen LogP contribution in [0.1, 0.15) is 6.92 Å². The molecule has 0 spiro atoms. The van der Waals surface area contributed by atoms with Gasteiger partial charge in [-0.15, -0.1) is 8.39 Å². The van der Waals surface area contributed by atoms with Crippen LogP contribution in [0.25, 0.3) is 0 Å². The molecule has 0 aliphatic carbocycles. The molecule has 0 saturated heterocycles. The van der Waals surface area contributed by atoms with E-state index in [1.54, 1.807) is 0 Å². The average molecular weight is 185 g/mol. The normalized spacial score (nSPS) is 11.9. The smallest absolute Gasteiger partial charge is 0.444 e. The Bertz CT molecular complexity index is 211. The lowest BCUT2D eigenvalue weighted by atomic mass is 10.9. The number of hydrogen-bond donors (Lipinski definition) is 0. The van der Waals surface area contributed by atoms with E-state index in [0.717, 1.165) is 0 Å². The number of amides is 1. The SMILES string of the molecule is CCOC(=O)N=CP(=O)(F)F. The second-order valence-electron chi connectivity index (χ2n) is 1.45. The predicted octanol–water partition coefficient (Wildman–Crippen LogP) is 2.30. The monoisotopic (exact) mass is 185 g/mol. The number of carbonyl (C=O) groups is 1. The lowest BCUT2D eigenvalue weighted by Crippen LogP contribution is -1.96. The van der Waals surface area contributed by atoms with Crippen LogP contribution in [0, 0.1) is 0 Å². The Hall–Kier alpha value is -0.770. The number of aliphatic imine (C=N–C) groups is 1. The third-order valence-corrected chi connectivity index (χ3v) is 0.950. The van der Waals surface area contributed by atoms with Crippen LogP contribution >= 0.6 is 7.76 Å². The molecule has 0 aliphatic heterocycles. The number of halogens is 2. The molecule has 11 heavy (non-hydrogen) atoms. The fourth-order valence-corrected chi connectivity index (χ4v) is 0.504. The van der Waals surface area contributed by atoms with Gasteiger partial charge < -0.3 is 4.74 Å². The number of rotatable bonds is 2. The highest BCUT2D eigenvalue weighted by atomic mass is 31.2. The molecule has 0 atom stereocenters. The van der Waals surface area contributed by atoms with Gasteiger partial charge in [0.25, 0.3) is 0 Å². The fourth-order valence-electron chi connectivity index (χ4n) is 0.275. The van der Waals surface area contributed by atoms with E-state index < -0.39 is 13.9 Å². The van der Waals surface area contributed by atoms with Crippen molar-refractivity contribution < 1.29 is 22.5 Å². The van der Waals surface area contributed by atoms with Gasteiger partial charge in [-0.2, -0.15) is 4.99 Å². The van der Waals surface area contributed by atoms with Crippen LogP contribution in [-0.2, 0) is 9.30 Å². The Labute approximate surface area is 61.9 Å². The van der Waals surface area contributed by atoms with Gasteiger partial charge in [0, 0.05) is 0 Å². The van der Waals surface area contributed by atoms with Gasteiger partial charge in [0.1, 0.15) is 5.96 Å². The van der Waals surface area contributed by atoms with Gasteiger partial charge in [-0.1, -0.05) is 0 Å². The Kier molecular flexibility index (Phi) is 3.89. The van der Waals surface area contributed by atoms with Crippen LogP contribution in [0.3, 0.4) is 0 Å². The first-order valence-electron chi connectivity index (χ1n) is 2.66. The molecule has 7 heteroatoms. The standard InChI is InChI=1S/C4H6F2NO3P/c1-2-10-4(8)7-3-11(5,6)9/h3H,2H2,1H3. The Balaban J connectivity index is 3.94. The Morgan fingerprint density at radius 3 is 2.64 bits per heavy atom. The zero-order chi connectivity index (χ0) is 8.91. The molecule has 0 rings (SSSR count). The molecule has 4 nitrogen and oxygen atoms in total. The van der Waals surface area contributed by atoms with E-state index in [1.807, 2.05) is 0 Å². The van der Waals surface area contributed by atoms with E-state index in [9.17, 15) is 17.8 Å². The van der Waals surface area contributed by atoms with Gasteiger partial charge in [-0.05, 0) is 6.92 Å².